The van der Waals surface area contributed by atoms with E-state index in [1.807, 2.05) is 0 Å². The molecule has 0 radical (unpaired) electrons. The lowest BCUT2D eigenvalue weighted by molar-refractivity contribution is -0.384. The summed E-state index contributed by atoms with van der Waals surface area (Å²) in [6, 6.07) is 10.9. The van der Waals surface area contributed by atoms with Crippen molar-refractivity contribution in [3.8, 4) is 0 Å². The molecular weight excluding hydrogens is 360 g/mol. The van der Waals surface area contributed by atoms with Crippen LogP contribution in [0.1, 0.15) is 11.7 Å². The van der Waals surface area contributed by atoms with Crippen LogP contribution >= 0.6 is 11.6 Å². The highest BCUT2D eigenvalue weighted by atomic mass is 35.5. The maximum atomic E-state index is 12.3. The molecule has 1 atom stereocenters. The van der Waals surface area contributed by atoms with Crippen molar-refractivity contribution in [2.24, 2.45) is 10.7 Å². The first-order valence-corrected chi connectivity index (χ1v) is 7.89. The van der Waals surface area contributed by atoms with E-state index >= 15 is 0 Å². The number of nitrogens with zero attached hydrogens (tertiary/aromatic N) is 4. The van der Waals surface area contributed by atoms with Crippen LogP contribution in [0.15, 0.2) is 52.3 Å². The van der Waals surface area contributed by atoms with Gasteiger partial charge in [-0.2, -0.15) is 4.98 Å². The molecule has 3 aromatic rings. The van der Waals surface area contributed by atoms with E-state index in [0.29, 0.717) is 16.5 Å². The second kappa shape index (κ2) is 5.81. The third kappa shape index (κ3) is 2.45. The average Bonchev–Trinajstić information content (AvgIpc) is 2.61. The summed E-state index contributed by atoms with van der Waals surface area (Å²) < 4.78 is 1.64. The van der Waals surface area contributed by atoms with Crippen LogP contribution in [0.3, 0.4) is 0 Å². The number of anilines is 1. The number of fused-ring (bicyclic) bond motifs is 3. The van der Waals surface area contributed by atoms with E-state index in [9.17, 15) is 14.9 Å². The molecule has 0 fully saturated rings. The van der Waals surface area contributed by atoms with Crippen LogP contribution in [0.4, 0.5) is 11.6 Å². The van der Waals surface area contributed by atoms with Crippen molar-refractivity contribution in [3.05, 3.63) is 73.5 Å². The number of aliphatic imine (C=N–C) groups is 1. The summed E-state index contributed by atoms with van der Waals surface area (Å²) in [4.78, 5) is 31.2. The van der Waals surface area contributed by atoms with E-state index < -0.39 is 16.6 Å². The fraction of sp³-hybridized carbons (Fsp3) is 0.0625. The molecule has 0 saturated heterocycles. The van der Waals surface area contributed by atoms with E-state index in [0.717, 1.165) is 0 Å². The van der Waals surface area contributed by atoms with E-state index in [1.54, 1.807) is 28.8 Å². The van der Waals surface area contributed by atoms with Gasteiger partial charge in [-0.3, -0.25) is 24.8 Å². The zero-order chi connectivity index (χ0) is 18.4. The van der Waals surface area contributed by atoms with Crippen molar-refractivity contribution in [1.82, 2.24) is 9.55 Å². The molecule has 1 aliphatic heterocycles. The van der Waals surface area contributed by atoms with E-state index in [-0.39, 0.29) is 22.6 Å². The lowest BCUT2D eigenvalue weighted by Crippen LogP contribution is -2.35. The Morgan fingerprint density at radius 2 is 2.04 bits per heavy atom. The first-order valence-electron chi connectivity index (χ1n) is 7.51. The van der Waals surface area contributed by atoms with Gasteiger partial charge >= 0.3 is 0 Å². The number of aromatic nitrogens is 2. The number of benzene rings is 2. The van der Waals surface area contributed by atoms with Crippen LogP contribution in [-0.2, 0) is 0 Å². The molecule has 130 valence electrons. The third-order valence-corrected chi connectivity index (χ3v) is 4.39. The first kappa shape index (κ1) is 16.0. The molecule has 2 aromatic carbocycles. The number of halogens is 1. The molecule has 0 unspecified atom stereocenters. The summed E-state index contributed by atoms with van der Waals surface area (Å²) in [5.41, 5.74) is 6.21. The Balaban J connectivity index is 2.05. The van der Waals surface area contributed by atoms with Crippen LogP contribution in [0.25, 0.3) is 10.9 Å². The minimum absolute atomic E-state index is 0.0275. The molecule has 4 rings (SSSR count). The maximum absolute atomic E-state index is 12.3. The van der Waals surface area contributed by atoms with Gasteiger partial charge in [-0.15, -0.1) is 0 Å². The van der Waals surface area contributed by atoms with Crippen molar-refractivity contribution < 1.29 is 4.92 Å². The largest absolute Gasteiger partial charge is 0.370 e. The molecule has 0 bridgehead atoms. The highest BCUT2D eigenvalue weighted by Crippen LogP contribution is 2.35. The van der Waals surface area contributed by atoms with Crippen LogP contribution < -0.4 is 16.6 Å². The van der Waals surface area contributed by atoms with Gasteiger partial charge < -0.3 is 5.73 Å². The smallest absolute Gasteiger partial charge is 0.282 e. The zero-order valence-electron chi connectivity index (χ0n) is 13.1. The van der Waals surface area contributed by atoms with Crippen molar-refractivity contribution >= 4 is 40.1 Å². The minimum Gasteiger partial charge on any atom is -0.370 e. The van der Waals surface area contributed by atoms with Gasteiger partial charge in [0.2, 0.25) is 5.95 Å². The number of hydrogen-bond acceptors (Lipinski definition) is 7. The van der Waals surface area contributed by atoms with Crippen molar-refractivity contribution in [1.29, 1.82) is 0 Å². The van der Waals surface area contributed by atoms with Crippen molar-refractivity contribution in [2.75, 3.05) is 5.32 Å². The number of nitrogens with one attached hydrogen (secondary N) is 1. The molecule has 0 aliphatic carbocycles. The second-order valence-electron chi connectivity index (χ2n) is 5.60. The fourth-order valence-corrected chi connectivity index (χ4v) is 3.13. The number of nitrogens with two attached hydrogens (primary N) is 1. The Hall–Kier alpha value is -3.46. The Morgan fingerprint density at radius 3 is 2.81 bits per heavy atom. The molecule has 2 heterocycles. The molecule has 1 aromatic heterocycles. The topological polar surface area (TPSA) is 128 Å². The predicted molar refractivity (Wildman–Crippen MR) is 97.5 cm³/mol. The molecular formula is C16H11ClN6O3. The Morgan fingerprint density at radius 1 is 1.27 bits per heavy atom. The number of hydrogen-bond donors (Lipinski definition) is 2. The van der Waals surface area contributed by atoms with Gasteiger partial charge in [0.25, 0.3) is 11.2 Å². The normalized spacial score (nSPS) is 15.9. The molecule has 26 heavy (non-hydrogen) atoms. The number of para-hydroxylation sites is 1. The lowest BCUT2D eigenvalue weighted by Gasteiger charge is -2.27. The highest BCUT2D eigenvalue weighted by molar-refractivity contribution is 6.31. The second-order valence-corrected chi connectivity index (χ2v) is 6.01. The number of non-ortho nitro benzene ring substituents is 1. The summed E-state index contributed by atoms with van der Waals surface area (Å²) >= 11 is 6.28. The molecule has 9 nitrogen and oxygen atoms in total. The quantitative estimate of drug-likeness (QED) is 0.525. The van der Waals surface area contributed by atoms with Crippen LogP contribution in [-0.4, -0.2) is 20.4 Å². The van der Waals surface area contributed by atoms with Gasteiger partial charge in [0.15, 0.2) is 12.1 Å². The van der Waals surface area contributed by atoms with Crippen LogP contribution in [0.5, 0.6) is 0 Å². The number of nitro groups is 1. The SMILES string of the molecule is NC1=N[C@@H](c2cc([N+](=O)[O-])ccc2Cl)n2c(nc(=O)c3ccccc32)N1. The van der Waals surface area contributed by atoms with Gasteiger partial charge in [0.05, 0.1) is 15.8 Å². The van der Waals surface area contributed by atoms with E-state index in [1.165, 1.54) is 18.2 Å². The summed E-state index contributed by atoms with van der Waals surface area (Å²) in [5.74, 6) is 0.216. The van der Waals surface area contributed by atoms with Gasteiger partial charge in [-0.05, 0) is 18.2 Å². The number of nitro benzene ring substituents is 1. The van der Waals surface area contributed by atoms with Gasteiger partial charge in [0, 0.05) is 22.7 Å². The summed E-state index contributed by atoms with van der Waals surface area (Å²) in [6.45, 7) is 0. The predicted octanol–water partition coefficient (Wildman–Crippen LogP) is 2.25. The van der Waals surface area contributed by atoms with Crippen molar-refractivity contribution in [3.63, 3.8) is 0 Å². The molecule has 1 aliphatic rings. The zero-order valence-corrected chi connectivity index (χ0v) is 13.8. The lowest BCUT2D eigenvalue weighted by atomic mass is 10.1. The molecule has 0 spiro atoms. The average molecular weight is 371 g/mol. The summed E-state index contributed by atoms with van der Waals surface area (Å²) in [7, 11) is 0. The van der Waals surface area contributed by atoms with Gasteiger partial charge in [0.1, 0.15) is 0 Å². The van der Waals surface area contributed by atoms with Gasteiger partial charge in [-0.1, -0.05) is 23.7 Å². The fourth-order valence-electron chi connectivity index (χ4n) is 2.91. The van der Waals surface area contributed by atoms with Crippen molar-refractivity contribution in [2.45, 2.75) is 6.17 Å². The standard InChI is InChI=1S/C16H11ClN6O3/c17-11-6-5-8(23(25)26)7-10(11)13-19-15(18)21-16-20-14(24)9-3-1-2-4-12(9)22(13)16/h1-7,13H,(H3,18,19,20,21,24)/t13-/m1/s1. The molecule has 3 N–H and O–H groups in total. The number of guanidine groups is 1. The first-order chi connectivity index (χ1) is 12.5. The summed E-state index contributed by atoms with van der Waals surface area (Å²) in [6.07, 6.45) is -0.809. The Bertz CT molecular complexity index is 1160. The molecule has 0 saturated carbocycles. The van der Waals surface area contributed by atoms with E-state index in [4.69, 9.17) is 17.3 Å². The Labute approximate surface area is 150 Å². The van der Waals surface area contributed by atoms with Gasteiger partial charge in [-0.25, -0.2) is 4.99 Å². The van der Waals surface area contributed by atoms with E-state index in [2.05, 4.69) is 15.3 Å². The summed E-state index contributed by atoms with van der Waals surface area (Å²) in [5, 5.41) is 14.6. The minimum atomic E-state index is -0.809. The highest BCUT2D eigenvalue weighted by Gasteiger charge is 2.27. The third-order valence-electron chi connectivity index (χ3n) is 4.04. The molecule has 0 amide bonds. The monoisotopic (exact) mass is 370 g/mol. The Kier molecular flexibility index (Phi) is 3.58. The number of rotatable bonds is 2. The van der Waals surface area contributed by atoms with Crippen LogP contribution in [0, 0.1) is 10.1 Å². The van der Waals surface area contributed by atoms with Crippen LogP contribution in [0.2, 0.25) is 5.02 Å². The molecule has 10 heteroatoms. The maximum Gasteiger partial charge on any atom is 0.282 e.